The molecule has 1 aliphatic rings. The molecule has 1 aromatic carbocycles. The minimum Gasteiger partial charge on any atom is -0.458 e. The van der Waals surface area contributed by atoms with E-state index < -0.39 is 23.6 Å². The van der Waals surface area contributed by atoms with Gasteiger partial charge in [0.1, 0.15) is 11.5 Å². The summed E-state index contributed by atoms with van der Waals surface area (Å²) >= 11 is 11.7. The normalized spacial score (nSPS) is 15.2. The first-order valence-electron chi connectivity index (χ1n) is 10.2. The maximum absolute atomic E-state index is 12.0. The first kappa shape index (κ1) is 25.2. The molecule has 4 amide bonds. The summed E-state index contributed by atoms with van der Waals surface area (Å²) in [5.74, 6) is -2.98. The van der Waals surface area contributed by atoms with Crippen LogP contribution >= 0.6 is 23.2 Å². The SMILES string of the molecule is O=C(NC[C@@H]1CCCO1)C(=O)N/N=C/c1ccc(CNC(=O)C(=O)Nc2cc(Cl)cc(Cl)c2)o1. The molecule has 0 bridgehead atoms. The number of carbonyl (C=O) groups excluding carboxylic acids is 4. The second kappa shape index (κ2) is 12.2. The third-order valence-corrected chi connectivity index (χ3v) is 4.95. The zero-order valence-corrected chi connectivity index (χ0v) is 19.2. The fourth-order valence-corrected chi connectivity index (χ4v) is 3.44. The number of carbonyl (C=O) groups is 4. The molecule has 0 unspecified atom stereocenters. The summed E-state index contributed by atoms with van der Waals surface area (Å²) in [6.45, 7) is 0.833. The molecule has 1 aromatic heterocycles. The van der Waals surface area contributed by atoms with Crippen molar-refractivity contribution in [3.05, 3.63) is 51.9 Å². The molecule has 2 aromatic rings. The Balaban J connectivity index is 1.39. The summed E-state index contributed by atoms with van der Waals surface area (Å²) in [7, 11) is 0. The number of furan rings is 1. The minimum absolute atomic E-state index is 0.0750. The van der Waals surface area contributed by atoms with Crippen molar-refractivity contribution in [3.8, 4) is 0 Å². The van der Waals surface area contributed by atoms with Crippen molar-refractivity contribution in [1.82, 2.24) is 16.1 Å². The van der Waals surface area contributed by atoms with Crippen molar-refractivity contribution >= 4 is 58.7 Å². The number of nitrogens with one attached hydrogen (secondary N) is 4. The summed E-state index contributed by atoms with van der Waals surface area (Å²) in [5.41, 5.74) is 2.36. The van der Waals surface area contributed by atoms with Gasteiger partial charge in [-0.2, -0.15) is 5.10 Å². The number of ether oxygens (including phenoxy) is 1. The lowest BCUT2D eigenvalue weighted by molar-refractivity contribution is -0.139. The van der Waals surface area contributed by atoms with Gasteiger partial charge in [0.2, 0.25) is 0 Å². The number of amides is 4. The second-order valence-corrected chi connectivity index (χ2v) is 8.02. The number of nitrogens with zero attached hydrogens (tertiary/aromatic N) is 1. The number of rotatable bonds is 7. The Kier molecular flexibility index (Phi) is 9.02. The van der Waals surface area contributed by atoms with Crippen LogP contribution in [0.25, 0.3) is 0 Å². The summed E-state index contributed by atoms with van der Waals surface area (Å²) in [6.07, 6.45) is 2.87. The number of halogens is 2. The van der Waals surface area contributed by atoms with Crippen molar-refractivity contribution in [1.29, 1.82) is 0 Å². The summed E-state index contributed by atoms with van der Waals surface area (Å²) < 4.78 is 10.8. The third kappa shape index (κ3) is 7.87. The van der Waals surface area contributed by atoms with Gasteiger partial charge >= 0.3 is 23.6 Å². The Bertz CT molecular complexity index is 1080. The molecule has 13 heteroatoms. The van der Waals surface area contributed by atoms with Crippen LogP contribution in [0, 0.1) is 0 Å². The van der Waals surface area contributed by atoms with E-state index >= 15 is 0 Å². The molecule has 2 heterocycles. The van der Waals surface area contributed by atoms with E-state index in [1.54, 1.807) is 6.07 Å². The molecular weight excluding hydrogens is 489 g/mol. The lowest BCUT2D eigenvalue weighted by Gasteiger charge is -2.09. The van der Waals surface area contributed by atoms with E-state index in [2.05, 4.69) is 26.5 Å². The van der Waals surface area contributed by atoms with Crippen LogP contribution in [0.4, 0.5) is 5.69 Å². The van der Waals surface area contributed by atoms with E-state index in [4.69, 9.17) is 32.4 Å². The first-order chi connectivity index (χ1) is 16.3. The highest BCUT2D eigenvalue weighted by atomic mass is 35.5. The van der Waals surface area contributed by atoms with Gasteiger partial charge in [-0.25, -0.2) is 5.43 Å². The van der Waals surface area contributed by atoms with Gasteiger partial charge in [0, 0.05) is 28.9 Å². The molecular formula is C21H21Cl2N5O6. The Hall–Kier alpha value is -3.41. The third-order valence-electron chi connectivity index (χ3n) is 4.51. The van der Waals surface area contributed by atoms with E-state index in [0.717, 1.165) is 12.8 Å². The van der Waals surface area contributed by atoms with Crippen molar-refractivity contribution < 1.29 is 28.3 Å². The van der Waals surface area contributed by atoms with E-state index in [-0.39, 0.29) is 30.6 Å². The Morgan fingerprint density at radius 2 is 1.74 bits per heavy atom. The standard InChI is InChI=1S/C21H21Cl2N5O6/c22-12-6-13(23)8-14(7-12)27-20(31)18(29)25-10-16-3-4-17(34-16)11-26-28-21(32)19(30)24-9-15-2-1-5-33-15/h3-4,6-8,11,15H,1-2,5,9-10H2,(H,24,30)(H,25,29)(H,27,31)(H,28,32)/b26-11+/t15-/m0/s1. The fraction of sp³-hybridized carbons (Fsp3) is 0.286. The van der Waals surface area contributed by atoms with Gasteiger partial charge in [-0.05, 0) is 43.2 Å². The smallest absolute Gasteiger partial charge is 0.329 e. The predicted octanol–water partition coefficient (Wildman–Crippen LogP) is 1.59. The molecule has 0 radical (unpaired) electrons. The van der Waals surface area contributed by atoms with Crippen LogP contribution in [-0.4, -0.2) is 49.1 Å². The van der Waals surface area contributed by atoms with E-state index in [0.29, 0.717) is 22.4 Å². The van der Waals surface area contributed by atoms with Gasteiger partial charge in [0.05, 0.1) is 18.9 Å². The molecule has 0 aliphatic carbocycles. The monoisotopic (exact) mass is 509 g/mol. The molecule has 4 N–H and O–H groups in total. The molecule has 180 valence electrons. The first-order valence-corrected chi connectivity index (χ1v) is 10.9. The van der Waals surface area contributed by atoms with Crippen LogP contribution in [0.1, 0.15) is 24.4 Å². The molecule has 1 atom stereocenters. The molecule has 1 fully saturated rings. The van der Waals surface area contributed by atoms with Crippen LogP contribution in [0.5, 0.6) is 0 Å². The Labute approximate surface area is 204 Å². The quantitative estimate of drug-likeness (QED) is 0.252. The zero-order chi connectivity index (χ0) is 24.5. The van der Waals surface area contributed by atoms with E-state index in [9.17, 15) is 19.2 Å². The molecule has 11 nitrogen and oxygen atoms in total. The van der Waals surface area contributed by atoms with Crippen molar-refractivity contribution in [2.75, 3.05) is 18.5 Å². The van der Waals surface area contributed by atoms with E-state index in [1.807, 2.05) is 0 Å². The minimum atomic E-state index is -0.930. The molecule has 0 spiro atoms. The van der Waals surface area contributed by atoms with Gasteiger partial charge in [-0.15, -0.1) is 0 Å². The maximum Gasteiger partial charge on any atom is 0.329 e. The lowest BCUT2D eigenvalue weighted by atomic mass is 10.2. The van der Waals surface area contributed by atoms with Crippen LogP contribution in [0.2, 0.25) is 10.0 Å². The molecule has 34 heavy (non-hydrogen) atoms. The average molecular weight is 510 g/mol. The Morgan fingerprint density at radius 3 is 2.44 bits per heavy atom. The van der Waals surface area contributed by atoms with Crippen LogP contribution < -0.4 is 21.4 Å². The summed E-state index contributed by atoms with van der Waals surface area (Å²) in [6, 6.07) is 7.46. The number of benzene rings is 1. The zero-order valence-electron chi connectivity index (χ0n) is 17.7. The van der Waals surface area contributed by atoms with Crippen molar-refractivity contribution in [2.45, 2.75) is 25.5 Å². The lowest BCUT2D eigenvalue weighted by Crippen LogP contribution is -2.41. The molecule has 1 aliphatic heterocycles. The predicted molar refractivity (Wildman–Crippen MR) is 123 cm³/mol. The van der Waals surface area contributed by atoms with Crippen LogP contribution in [0.3, 0.4) is 0 Å². The topological polar surface area (TPSA) is 151 Å². The number of hydrogen-bond donors (Lipinski definition) is 4. The number of hydrazone groups is 1. The van der Waals surface area contributed by atoms with Gasteiger partial charge in [-0.3, -0.25) is 19.2 Å². The summed E-state index contributed by atoms with van der Waals surface area (Å²) in [4.78, 5) is 47.5. The van der Waals surface area contributed by atoms with Crippen LogP contribution in [0.15, 0.2) is 39.9 Å². The highest BCUT2D eigenvalue weighted by Crippen LogP contribution is 2.22. The largest absolute Gasteiger partial charge is 0.458 e. The number of anilines is 1. The van der Waals surface area contributed by atoms with Gasteiger partial charge in [0.15, 0.2) is 0 Å². The van der Waals surface area contributed by atoms with Gasteiger partial charge < -0.3 is 25.1 Å². The average Bonchev–Trinajstić information content (AvgIpc) is 3.47. The number of hydrogen-bond acceptors (Lipinski definition) is 7. The molecule has 0 saturated carbocycles. The molecule has 1 saturated heterocycles. The summed E-state index contributed by atoms with van der Waals surface area (Å²) in [5, 5.41) is 11.5. The second-order valence-electron chi connectivity index (χ2n) is 7.14. The van der Waals surface area contributed by atoms with E-state index in [1.165, 1.54) is 30.5 Å². The van der Waals surface area contributed by atoms with Gasteiger partial charge in [-0.1, -0.05) is 23.2 Å². The molecule has 3 rings (SSSR count). The highest BCUT2D eigenvalue weighted by Gasteiger charge is 2.19. The fourth-order valence-electron chi connectivity index (χ4n) is 2.92. The van der Waals surface area contributed by atoms with Crippen LogP contribution in [-0.2, 0) is 30.5 Å². The highest BCUT2D eigenvalue weighted by molar-refractivity contribution is 6.40. The van der Waals surface area contributed by atoms with Crippen molar-refractivity contribution in [2.24, 2.45) is 5.10 Å². The maximum atomic E-state index is 12.0. The van der Waals surface area contributed by atoms with Crippen molar-refractivity contribution in [3.63, 3.8) is 0 Å². The van der Waals surface area contributed by atoms with Gasteiger partial charge in [0.25, 0.3) is 0 Å². The Morgan fingerprint density at radius 1 is 1.00 bits per heavy atom.